The lowest BCUT2D eigenvalue weighted by molar-refractivity contribution is -0.124. The molecular weight excluding hydrogens is 270 g/mol. The third-order valence-corrected chi connectivity index (χ3v) is 2.58. The summed E-state index contributed by atoms with van der Waals surface area (Å²) in [6.07, 6.45) is 6.06. The highest BCUT2D eigenvalue weighted by molar-refractivity contribution is 5.96. The van der Waals surface area contributed by atoms with E-state index in [0.717, 1.165) is 11.6 Å². The molecule has 1 aromatic carbocycles. The largest absolute Gasteiger partial charge is 0.288 e. The van der Waals surface area contributed by atoms with Gasteiger partial charge < -0.3 is 0 Å². The minimum Gasteiger partial charge on any atom is -0.288 e. The summed E-state index contributed by atoms with van der Waals surface area (Å²) >= 11 is 0. The fourth-order valence-corrected chi connectivity index (χ4v) is 1.32. The summed E-state index contributed by atoms with van der Waals surface area (Å²) < 4.78 is 0. The number of nitrogens with one attached hydrogen (secondary N) is 2. The number of nitrogens with zero attached hydrogens (tertiary/aromatic N) is 1. The van der Waals surface area contributed by atoms with Crippen molar-refractivity contribution in [2.45, 2.75) is 13.8 Å². The summed E-state index contributed by atoms with van der Waals surface area (Å²) in [4.78, 5) is 22.8. The molecule has 110 valence electrons. The van der Waals surface area contributed by atoms with Gasteiger partial charge >= 0.3 is 0 Å². The second kappa shape index (κ2) is 8.44. The number of hydroxylamine groups is 1. The van der Waals surface area contributed by atoms with Crippen LogP contribution in [0.5, 0.6) is 0 Å². The quantitative estimate of drug-likeness (QED) is 0.334. The standard InChI is InChI=1S/C15H17N3O3/c1-3-11(2)10-16-17-15(20)13-6-4-5-12(9-13)7-8-14(19)18-21/h3-10,21H,1-2H3,(H,17,20)(H,18,19). The minimum atomic E-state index is -0.642. The Morgan fingerprint density at radius 2 is 2.10 bits per heavy atom. The maximum atomic E-state index is 11.9. The van der Waals surface area contributed by atoms with Gasteiger partial charge in [-0.05, 0) is 43.2 Å². The zero-order valence-electron chi connectivity index (χ0n) is 11.8. The first-order valence-corrected chi connectivity index (χ1v) is 6.25. The summed E-state index contributed by atoms with van der Waals surface area (Å²) in [5, 5.41) is 12.2. The van der Waals surface area contributed by atoms with E-state index in [0.29, 0.717) is 11.1 Å². The molecule has 1 rings (SSSR count). The van der Waals surface area contributed by atoms with Gasteiger partial charge in [-0.15, -0.1) is 0 Å². The molecule has 0 spiro atoms. The third kappa shape index (κ3) is 5.84. The lowest BCUT2D eigenvalue weighted by Crippen LogP contribution is -2.17. The Morgan fingerprint density at radius 1 is 1.33 bits per heavy atom. The van der Waals surface area contributed by atoms with Crippen LogP contribution in [0.2, 0.25) is 0 Å². The van der Waals surface area contributed by atoms with Crippen LogP contribution in [0.4, 0.5) is 0 Å². The Morgan fingerprint density at radius 3 is 2.76 bits per heavy atom. The highest BCUT2D eigenvalue weighted by Crippen LogP contribution is 2.07. The SMILES string of the molecule is CC=C(C)C=NNC(=O)c1cccc(C=CC(=O)NO)c1. The molecule has 0 aliphatic heterocycles. The van der Waals surface area contributed by atoms with Crippen molar-refractivity contribution in [1.29, 1.82) is 0 Å². The Balaban J connectivity index is 2.75. The van der Waals surface area contributed by atoms with Crippen molar-refractivity contribution in [3.8, 4) is 0 Å². The van der Waals surface area contributed by atoms with Crippen LogP contribution >= 0.6 is 0 Å². The summed E-state index contributed by atoms with van der Waals surface area (Å²) in [5.74, 6) is -0.992. The zero-order chi connectivity index (χ0) is 15.7. The van der Waals surface area contributed by atoms with E-state index in [1.165, 1.54) is 11.6 Å². The van der Waals surface area contributed by atoms with Crippen molar-refractivity contribution in [2.75, 3.05) is 0 Å². The third-order valence-electron chi connectivity index (χ3n) is 2.58. The first-order valence-electron chi connectivity index (χ1n) is 6.25. The Kier molecular flexibility index (Phi) is 6.56. The van der Waals surface area contributed by atoms with Crippen molar-refractivity contribution in [2.24, 2.45) is 5.10 Å². The molecule has 1 aromatic rings. The van der Waals surface area contributed by atoms with Gasteiger partial charge in [0.05, 0.1) is 0 Å². The summed E-state index contributed by atoms with van der Waals surface area (Å²) in [6, 6.07) is 6.66. The van der Waals surface area contributed by atoms with Crippen LogP contribution < -0.4 is 10.9 Å². The molecule has 0 aromatic heterocycles. The van der Waals surface area contributed by atoms with Crippen LogP contribution in [0.1, 0.15) is 29.8 Å². The normalized spacial score (nSPS) is 11.9. The summed E-state index contributed by atoms with van der Waals surface area (Å²) in [7, 11) is 0. The molecule has 0 aliphatic rings. The number of hydrazone groups is 1. The topological polar surface area (TPSA) is 90.8 Å². The highest BCUT2D eigenvalue weighted by atomic mass is 16.5. The van der Waals surface area contributed by atoms with Gasteiger partial charge in [0.15, 0.2) is 0 Å². The molecule has 0 atom stereocenters. The van der Waals surface area contributed by atoms with Crippen LogP contribution in [0.3, 0.4) is 0 Å². The first kappa shape index (κ1) is 16.3. The lowest BCUT2D eigenvalue weighted by Gasteiger charge is -2.01. The van der Waals surface area contributed by atoms with Crippen molar-refractivity contribution in [3.05, 3.63) is 53.1 Å². The predicted molar refractivity (Wildman–Crippen MR) is 80.8 cm³/mol. The first-order chi connectivity index (χ1) is 10.1. The smallest absolute Gasteiger partial charge is 0.271 e. The van der Waals surface area contributed by atoms with Crippen LogP contribution in [-0.4, -0.2) is 23.2 Å². The van der Waals surface area contributed by atoms with Crippen molar-refractivity contribution in [1.82, 2.24) is 10.9 Å². The fourth-order valence-electron chi connectivity index (χ4n) is 1.32. The average Bonchev–Trinajstić information content (AvgIpc) is 2.52. The highest BCUT2D eigenvalue weighted by Gasteiger charge is 2.04. The Hall–Kier alpha value is -2.73. The summed E-state index contributed by atoms with van der Waals surface area (Å²) in [6.45, 7) is 3.74. The molecule has 2 amide bonds. The number of rotatable bonds is 5. The zero-order valence-corrected chi connectivity index (χ0v) is 11.8. The maximum Gasteiger partial charge on any atom is 0.271 e. The molecule has 0 saturated heterocycles. The number of carbonyl (C=O) groups excluding carboxylic acids is 2. The van der Waals surface area contributed by atoms with Gasteiger partial charge in [0, 0.05) is 17.9 Å². The maximum absolute atomic E-state index is 11.9. The van der Waals surface area contributed by atoms with Gasteiger partial charge in [-0.25, -0.2) is 10.9 Å². The molecular formula is C15H17N3O3. The second-order valence-electron chi connectivity index (χ2n) is 4.17. The average molecular weight is 287 g/mol. The number of hydrogen-bond donors (Lipinski definition) is 3. The second-order valence-corrected chi connectivity index (χ2v) is 4.17. The number of carbonyl (C=O) groups is 2. The molecule has 6 heteroatoms. The van der Waals surface area contributed by atoms with Crippen LogP contribution in [-0.2, 0) is 4.79 Å². The van der Waals surface area contributed by atoms with Crippen LogP contribution in [0, 0.1) is 0 Å². The van der Waals surface area contributed by atoms with Gasteiger partial charge in [-0.1, -0.05) is 18.2 Å². The van der Waals surface area contributed by atoms with Crippen molar-refractivity contribution >= 4 is 24.1 Å². The van der Waals surface area contributed by atoms with E-state index in [-0.39, 0.29) is 5.91 Å². The van der Waals surface area contributed by atoms with Crippen LogP contribution in [0.25, 0.3) is 6.08 Å². The fraction of sp³-hybridized carbons (Fsp3) is 0.133. The van der Waals surface area contributed by atoms with Gasteiger partial charge in [0.1, 0.15) is 0 Å². The molecule has 0 saturated carbocycles. The van der Waals surface area contributed by atoms with Crippen molar-refractivity contribution in [3.63, 3.8) is 0 Å². The minimum absolute atomic E-state index is 0.350. The molecule has 0 radical (unpaired) electrons. The Labute approximate surface area is 122 Å². The van der Waals surface area contributed by atoms with E-state index in [1.807, 2.05) is 19.9 Å². The van der Waals surface area contributed by atoms with Gasteiger partial charge in [-0.3, -0.25) is 14.8 Å². The molecule has 0 aliphatic carbocycles. The van der Waals surface area contributed by atoms with E-state index in [4.69, 9.17) is 5.21 Å². The van der Waals surface area contributed by atoms with Crippen molar-refractivity contribution < 1.29 is 14.8 Å². The molecule has 6 nitrogen and oxygen atoms in total. The van der Waals surface area contributed by atoms with E-state index in [9.17, 15) is 9.59 Å². The molecule has 21 heavy (non-hydrogen) atoms. The summed E-state index contributed by atoms with van der Waals surface area (Å²) in [5.41, 5.74) is 5.90. The molecule has 0 fully saturated rings. The number of hydrogen-bond acceptors (Lipinski definition) is 4. The number of amides is 2. The predicted octanol–water partition coefficient (Wildman–Crippen LogP) is 1.89. The lowest BCUT2D eigenvalue weighted by atomic mass is 10.1. The van der Waals surface area contributed by atoms with E-state index < -0.39 is 5.91 Å². The van der Waals surface area contributed by atoms with E-state index in [2.05, 4.69) is 10.5 Å². The van der Waals surface area contributed by atoms with Gasteiger partial charge in [0.2, 0.25) is 0 Å². The molecule has 0 bridgehead atoms. The van der Waals surface area contributed by atoms with Gasteiger partial charge in [-0.2, -0.15) is 5.10 Å². The van der Waals surface area contributed by atoms with E-state index in [1.54, 1.807) is 30.5 Å². The molecule has 3 N–H and O–H groups in total. The molecule has 0 heterocycles. The monoisotopic (exact) mass is 287 g/mol. The van der Waals surface area contributed by atoms with Gasteiger partial charge in [0.25, 0.3) is 11.8 Å². The van der Waals surface area contributed by atoms with E-state index >= 15 is 0 Å². The van der Waals surface area contributed by atoms with Crippen LogP contribution in [0.15, 0.2) is 47.1 Å². The molecule has 0 unspecified atom stereocenters. The number of benzene rings is 1. The number of allylic oxidation sites excluding steroid dienone is 2. The Bertz CT molecular complexity index is 604.